The maximum atomic E-state index is 13.0. The van der Waals surface area contributed by atoms with E-state index in [4.69, 9.17) is 34.3 Å². The van der Waals surface area contributed by atoms with E-state index in [1.807, 2.05) is 34.6 Å². The lowest BCUT2D eigenvalue weighted by molar-refractivity contribution is -0.121. The van der Waals surface area contributed by atoms with Gasteiger partial charge < -0.3 is 60.2 Å². The molecule has 65 heavy (non-hydrogen) atoms. The smallest absolute Gasteiger partial charge is 0.423 e. The van der Waals surface area contributed by atoms with E-state index in [1.165, 1.54) is 73.6 Å². The van der Waals surface area contributed by atoms with Gasteiger partial charge in [0.25, 0.3) is 5.91 Å². The highest BCUT2D eigenvalue weighted by Crippen LogP contribution is 2.66. The molecule has 1 aromatic heterocycles. The Balaban J connectivity index is 1.46. The van der Waals surface area contributed by atoms with Gasteiger partial charge >= 0.3 is 36.3 Å². The van der Waals surface area contributed by atoms with E-state index in [0.717, 1.165) is 4.57 Å². The van der Waals surface area contributed by atoms with Crippen LogP contribution in [0, 0.1) is 11.8 Å². The van der Waals surface area contributed by atoms with Gasteiger partial charge in [-0.25, -0.2) is 18.5 Å². The predicted octanol–water partition coefficient (Wildman–Crippen LogP) is 2.86. The normalized spacial score (nSPS) is 18.5. The molecule has 0 bridgehead atoms. The first-order valence-electron chi connectivity index (χ1n) is 19.3. The molecule has 1 fully saturated rings. The van der Waals surface area contributed by atoms with Crippen molar-refractivity contribution in [2.24, 2.45) is 0 Å². The number of anilines is 1. The van der Waals surface area contributed by atoms with Crippen LogP contribution in [0.1, 0.15) is 82.5 Å². The van der Waals surface area contributed by atoms with E-state index >= 15 is 0 Å². The highest BCUT2D eigenvalue weighted by atomic mass is 33.1. The molecule has 5 atom stereocenters. The Labute approximate surface area is 391 Å². The number of nitrogens with zero attached hydrogens (tertiary/aromatic N) is 2. The zero-order chi connectivity index (χ0) is 48.6. The lowest BCUT2D eigenvalue weighted by Crippen LogP contribution is -2.35. The van der Waals surface area contributed by atoms with Gasteiger partial charge in [0, 0.05) is 47.2 Å². The first-order valence-corrected chi connectivity index (χ1v) is 28.4. The number of benzene rings is 1. The molecule has 10 N–H and O–H groups in total. The maximum Gasteiger partial charge on any atom is 0.490 e. The monoisotopic (exact) mass is 1050 g/mol. The number of hydrogen-bond donors (Lipinski definition) is 9. The molecule has 3 unspecified atom stereocenters. The lowest BCUT2D eigenvalue weighted by atomic mass is 9.80. The second kappa shape index (κ2) is 26.2. The molecule has 23 nitrogen and oxygen atoms in total. The lowest BCUT2D eigenvalue weighted by Gasteiger charge is -2.23. The summed E-state index contributed by atoms with van der Waals surface area (Å²) in [6.45, 7) is 9.82. The zero-order valence-corrected chi connectivity index (χ0v) is 41.7. The minimum Gasteiger partial charge on any atom is -0.423 e. The van der Waals surface area contributed by atoms with Gasteiger partial charge in [0.2, 0.25) is 5.91 Å². The number of ether oxygens (including phenoxy) is 3. The zero-order valence-electron chi connectivity index (χ0n) is 35.8. The second-order valence-corrected chi connectivity index (χ2v) is 25.8. The van der Waals surface area contributed by atoms with E-state index in [0.29, 0.717) is 31.5 Å². The predicted molar refractivity (Wildman–Crippen MR) is 248 cm³/mol. The molecule has 3 rings (SSSR count). The summed E-state index contributed by atoms with van der Waals surface area (Å²) in [5, 5.41) is 24.0. The number of amides is 2. The molecule has 0 aliphatic carbocycles. The number of nitrogens with one attached hydrogen (secondary N) is 2. The topological polar surface area (TPSA) is 347 Å². The Kier molecular flexibility index (Phi) is 23.1. The summed E-state index contributed by atoms with van der Waals surface area (Å²) in [7, 11) is -12.7. The molecule has 0 saturated carbocycles. The molecular weight excluding hydrogens is 998 g/mol. The van der Waals surface area contributed by atoms with Gasteiger partial charge in [0.15, 0.2) is 0 Å². The number of phosphoric ester groups is 1. The summed E-state index contributed by atoms with van der Waals surface area (Å²) in [6, 6.07) is 5.91. The minimum atomic E-state index is -5.77. The fraction of sp³-hybridized carbons (Fsp3) is 0.588. The van der Waals surface area contributed by atoms with Crippen molar-refractivity contribution < 1.29 is 80.3 Å². The molecule has 364 valence electrons. The number of hydrogen-bond acceptors (Lipinski definition) is 20. The average molecular weight is 1050 g/mol. The SMILES string of the molecule is CC(C)(C)SSCOC1C[C@H](n2cc(C#CCOCSSC(C)(C)CNC(=O)CCCCNC(=O)c3ccc(B(O)O)cc3)c(N)nc2=O)O[C@@H]1COP(=O)(O)OP(=O)(O)OP(=O)(O)O. The molecule has 2 amide bonds. The van der Waals surface area contributed by atoms with Gasteiger partial charge in [0.05, 0.1) is 18.3 Å². The van der Waals surface area contributed by atoms with Crippen LogP contribution in [0.5, 0.6) is 0 Å². The Morgan fingerprint density at radius 3 is 2.31 bits per heavy atom. The van der Waals surface area contributed by atoms with Crippen LogP contribution in [0.25, 0.3) is 0 Å². The second-order valence-electron chi connectivity index (χ2n) is 15.3. The average Bonchev–Trinajstić information content (AvgIpc) is 3.59. The van der Waals surface area contributed by atoms with Gasteiger partial charge in [-0.3, -0.25) is 18.7 Å². The summed E-state index contributed by atoms with van der Waals surface area (Å²) in [5.41, 5.74) is 5.98. The van der Waals surface area contributed by atoms with Crippen molar-refractivity contribution in [2.45, 2.75) is 88.2 Å². The molecule has 0 radical (unpaired) electrons. The van der Waals surface area contributed by atoms with Crippen molar-refractivity contribution >= 4 is 96.9 Å². The summed E-state index contributed by atoms with van der Waals surface area (Å²) in [5.74, 6) is 5.37. The van der Waals surface area contributed by atoms with Crippen molar-refractivity contribution in [2.75, 3.05) is 43.9 Å². The molecule has 1 aliphatic heterocycles. The highest BCUT2D eigenvalue weighted by Gasteiger charge is 2.44. The fourth-order valence-corrected chi connectivity index (χ4v) is 12.3. The van der Waals surface area contributed by atoms with Crippen molar-refractivity contribution in [1.82, 2.24) is 20.2 Å². The van der Waals surface area contributed by atoms with E-state index < -0.39 is 61.3 Å². The van der Waals surface area contributed by atoms with Crippen LogP contribution in [0.15, 0.2) is 35.3 Å². The number of carbonyl (C=O) groups excluding carboxylic acids is 2. The number of nitrogens with two attached hydrogens (primary N) is 1. The summed E-state index contributed by atoms with van der Waals surface area (Å²) < 4.78 is 65.6. The molecule has 1 saturated heterocycles. The van der Waals surface area contributed by atoms with Gasteiger partial charge in [-0.15, -0.1) is 0 Å². The third kappa shape index (κ3) is 22.8. The van der Waals surface area contributed by atoms with Crippen LogP contribution in [0.3, 0.4) is 0 Å². The van der Waals surface area contributed by atoms with Gasteiger partial charge in [-0.1, -0.05) is 87.9 Å². The Hall–Kier alpha value is -1.93. The van der Waals surface area contributed by atoms with Crippen molar-refractivity contribution in [3.8, 4) is 11.8 Å². The number of nitrogen functional groups attached to an aromatic ring is 1. The molecule has 1 aliphatic rings. The molecule has 31 heteroatoms. The molecule has 1 aromatic carbocycles. The van der Waals surface area contributed by atoms with E-state index in [2.05, 4.69) is 36.1 Å². The van der Waals surface area contributed by atoms with Crippen LogP contribution >= 0.6 is 66.6 Å². The van der Waals surface area contributed by atoms with Crippen molar-refractivity contribution in [3.05, 3.63) is 52.1 Å². The quantitative estimate of drug-likeness (QED) is 0.0163. The maximum absolute atomic E-state index is 13.0. The molecule has 2 aromatic rings. The van der Waals surface area contributed by atoms with Gasteiger partial charge in [-0.2, -0.15) is 13.6 Å². The Morgan fingerprint density at radius 1 is 0.985 bits per heavy atom. The number of phosphoric acid groups is 3. The molecule has 0 spiro atoms. The first kappa shape index (κ1) is 57.4. The number of carbonyl (C=O) groups is 2. The Morgan fingerprint density at radius 2 is 1.66 bits per heavy atom. The summed E-state index contributed by atoms with van der Waals surface area (Å²) in [4.78, 5) is 78.6. The fourth-order valence-electron chi connectivity index (χ4n) is 5.16. The van der Waals surface area contributed by atoms with E-state index in [1.54, 1.807) is 0 Å². The third-order valence-electron chi connectivity index (χ3n) is 8.04. The third-order valence-corrected chi connectivity index (χ3v) is 17.8. The van der Waals surface area contributed by atoms with Crippen molar-refractivity contribution in [3.63, 3.8) is 0 Å². The summed E-state index contributed by atoms with van der Waals surface area (Å²) >= 11 is 0. The number of rotatable bonds is 26. The minimum absolute atomic E-state index is 0.0127. The van der Waals surface area contributed by atoms with Crippen LogP contribution in [0.2, 0.25) is 0 Å². The largest absolute Gasteiger partial charge is 0.490 e. The van der Waals surface area contributed by atoms with Crippen LogP contribution in [0.4, 0.5) is 5.82 Å². The van der Waals surface area contributed by atoms with Gasteiger partial charge in [-0.05, 0) is 44.3 Å². The van der Waals surface area contributed by atoms with E-state index in [-0.39, 0.29) is 69.5 Å². The van der Waals surface area contributed by atoms with Crippen LogP contribution < -0.4 is 27.5 Å². The van der Waals surface area contributed by atoms with E-state index in [9.17, 15) is 47.9 Å². The van der Waals surface area contributed by atoms with Gasteiger partial charge in [0.1, 0.15) is 36.6 Å². The summed E-state index contributed by atoms with van der Waals surface area (Å²) in [6.07, 6.45) is -0.421. The Bertz CT molecular complexity index is 2170. The number of unbranched alkanes of at least 4 members (excludes halogenated alkanes) is 1. The first-order chi connectivity index (χ1) is 30.1. The van der Waals surface area contributed by atoms with Crippen LogP contribution in [-0.4, -0.2) is 118 Å². The molecule has 2 heterocycles. The van der Waals surface area contributed by atoms with Crippen LogP contribution in [-0.2, 0) is 45.8 Å². The highest BCUT2D eigenvalue weighted by molar-refractivity contribution is 8.77. The number of aromatic nitrogens is 2. The van der Waals surface area contributed by atoms with Crippen molar-refractivity contribution in [1.29, 1.82) is 0 Å². The standard InChI is InChI=1S/C34H53BN5O18P3S4/c1-33(2,3)64-63-22-54-26-17-29(56-27(26)19-55-60(49,50)58-61(51,52)57-59(46,47)48)40-18-24(30(36)39-32(40)43)9-8-16-53-21-62-65-34(4,5)20-38-28(41)10-6-7-15-37-31(42)23-11-13-25(14-12-23)35(44)45/h11-14,18,26-27,29,44-45H,6-7,10,15-17,19-22H2,1-5H3,(H,37,42)(H,38,41)(H,49,50)(H,51,52)(H2,36,39,43)(H2,46,47,48)/t26?,27-,29-/m1/s1. The molecular formula is C34H53BN5O18P3S4.